The number of aromatic nitrogens is 1. The van der Waals surface area contributed by atoms with Gasteiger partial charge in [-0.1, -0.05) is 29.8 Å². The molecule has 3 rings (SSSR count). The maximum absolute atomic E-state index is 12.4. The van der Waals surface area contributed by atoms with E-state index < -0.39 is 12.0 Å². The van der Waals surface area contributed by atoms with Crippen molar-refractivity contribution in [3.63, 3.8) is 0 Å². The molecule has 24 heavy (non-hydrogen) atoms. The molecule has 0 radical (unpaired) electrons. The van der Waals surface area contributed by atoms with Crippen molar-refractivity contribution < 1.29 is 9.53 Å². The van der Waals surface area contributed by atoms with E-state index in [4.69, 9.17) is 28.6 Å². The van der Waals surface area contributed by atoms with E-state index in [9.17, 15) is 4.79 Å². The van der Waals surface area contributed by atoms with Crippen LogP contribution in [-0.4, -0.2) is 22.7 Å². The SMILES string of the molecule is CCOC(=O)C1=C(C)NC(=S)NC1c1cc2ccccc2nc1Cl. The molecule has 1 unspecified atom stereocenters. The molecule has 124 valence electrons. The molecule has 1 aromatic carbocycles. The molecule has 5 nitrogen and oxygen atoms in total. The summed E-state index contributed by atoms with van der Waals surface area (Å²) in [5.41, 5.74) is 2.57. The summed E-state index contributed by atoms with van der Waals surface area (Å²) in [5.74, 6) is -0.410. The van der Waals surface area contributed by atoms with E-state index in [0.717, 1.165) is 10.9 Å². The first-order valence-electron chi connectivity index (χ1n) is 7.52. The van der Waals surface area contributed by atoms with Gasteiger partial charge in [0.15, 0.2) is 5.11 Å². The van der Waals surface area contributed by atoms with Gasteiger partial charge < -0.3 is 15.4 Å². The van der Waals surface area contributed by atoms with Crippen molar-refractivity contribution in [3.8, 4) is 0 Å². The Hall–Kier alpha value is -2.18. The largest absolute Gasteiger partial charge is 0.463 e. The summed E-state index contributed by atoms with van der Waals surface area (Å²) < 4.78 is 5.18. The van der Waals surface area contributed by atoms with Gasteiger partial charge in [-0.05, 0) is 38.2 Å². The van der Waals surface area contributed by atoms with Gasteiger partial charge in [-0.3, -0.25) is 0 Å². The summed E-state index contributed by atoms with van der Waals surface area (Å²) >= 11 is 11.6. The summed E-state index contributed by atoms with van der Waals surface area (Å²) in [4.78, 5) is 16.8. The lowest BCUT2D eigenvalue weighted by Gasteiger charge is -2.30. The minimum atomic E-state index is -0.512. The van der Waals surface area contributed by atoms with Gasteiger partial charge in [-0.2, -0.15) is 0 Å². The highest BCUT2D eigenvalue weighted by Crippen LogP contribution is 2.33. The van der Waals surface area contributed by atoms with E-state index in [1.807, 2.05) is 30.3 Å². The second-order valence-corrected chi connectivity index (χ2v) is 6.12. The van der Waals surface area contributed by atoms with Crippen LogP contribution < -0.4 is 10.6 Å². The van der Waals surface area contributed by atoms with Crippen molar-refractivity contribution in [2.45, 2.75) is 19.9 Å². The van der Waals surface area contributed by atoms with Crippen molar-refractivity contribution in [2.75, 3.05) is 6.61 Å². The number of thiocarbonyl (C=S) groups is 1. The number of hydrogen-bond acceptors (Lipinski definition) is 4. The second kappa shape index (κ2) is 6.75. The Morgan fingerprint density at radius 1 is 1.42 bits per heavy atom. The average Bonchev–Trinajstić information content (AvgIpc) is 2.53. The van der Waals surface area contributed by atoms with Crippen LogP contribution in [0.2, 0.25) is 5.15 Å². The number of halogens is 1. The van der Waals surface area contributed by atoms with E-state index in [1.54, 1.807) is 13.8 Å². The third kappa shape index (κ3) is 3.07. The van der Waals surface area contributed by atoms with Crippen LogP contribution >= 0.6 is 23.8 Å². The number of nitrogens with one attached hydrogen (secondary N) is 2. The number of fused-ring (bicyclic) bond motifs is 1. The van der Waals surface area contributed by atoms with Crippen LogP contribution in [0.3, 0.4) is 0 Å². The quantitative estimate of drug-likeness (QED) is 0.497. The number of allylic oxidation sites excluding steroid dienone is 1. The van der Waals surface area contributed by atoms with Gasteiger partial charge in [0.25, 0.3) is 0 Å². The van der Waals surface area contributed by atoms with Crippen molar-refractivity contribution in [1.82, 2.24) is 15.6 Å². The normalized spacial score (nSPS) is 17.5. The Kier molecular flexibility index (Phi) is 4.69. The maximum Gasteiger partial charge on any atom is 0.338 e. The Labute approximate surface area is 150 Å². The number of ether oxygens (including phenoxy) is 1. The number of nitrogens with zero attached hydrogens (tertiary/aromatic N) is 1. The van der Waals surface area contributed by atoms with E-state index in [2.05, 4.69) is 15.6 Å². The number of rotatable bonds is 3. The Bertz CT molecular complexity index is 866. The molecule has 2 N–H and O–H groups in total. The summed E-state index contributed by atoms with van der Waals surface area (Å²) in [7, 11) is 0. The summed E-state index contributed by atoms with van der Waals surface area (Å²) in [6.07, 6.45) is 0. The molecule has 0 amide bonds. The first-order valence-corrected chi connectivity index (χ1v) is 8.30. The number of carbonyl (C=O) groups is 1. The molecule has 2 heterocycles. The monoisotopic (exact) mass is 361 g/mol. The Morgan fingerprint density at radius 2 is 2.17 bits per heavy atom. The minimum Gasteiger partial charge on any atom is -0.463 e. The fraction of sp³-hybridized carbons (Fsp3) is 0.235. The van der Waals surface area contributed by atoms with E-state index in [-0.39, 0.29) is 6.61 Å². The Morgan fingerprint density at radius 3 is 2.92 bits per heavy atom. The first kappa shape index (κ1) is 16.7. The fourth-order valence-corrected chi connectivity index (χ4v) is 3.24. The zero-order valence-corrected chi connectivity index (χ0v) is 14.8. The molecule has 0 bridgehead atoms. The number of pyridine rings is 1. The predicted molar refractivity (Wildman–Crippen MR) is 97.7 cm³/mol. The zero-order chi connectivity index (χ0) is 17.3. The molecule has 1 aliphatic rings. The molecule has 1 atom stereocenters. The molecular formula is C17H16ClN3O2S. The number of hydrogen-bond donors (Lipinski definition) is 2. The van der Waals surface area contributed by atoms with Gasteiger partial charge in [-0.25, -0.2) is 9.78 Å². The molecule has 0 saturated carbocycles. The molecule has 0 fully saturated rings. The molecule has 1 aliphatic heterocycles. The van der Waals surface area contributed by atoms with Crippen molar-refractivity contribution in [2.24, 2.45) is 0 Å². The number of esters is 1. The third-order valence-corrected chi connectivity index (χ3v) is 4.30. The predicted octanol–water partition coefficient (Wildman–Crippen LogP) is 3.24. The highest BCUT2D eigenvalue weighted by Gasteiger charge is 2.32. The molecule has 0 aliphatic carbocycles. The summed E-state index contributed by atoms with van der Waals surface area (Å²) in [5, 5.41) is 7.74. The van der Waals surface area contributed by atoms with Gasteiger partial charge >= 0.3 is 5.97 Å². The summed E-state index contributed by atoms with van der Waals surface area (Å²) in [6.45, 7) is 3.84. The van der Waals surface area contributed by atoms with Gasteiger partial charge in [0.05, 0.1) is 23.7 Å². The average molecular weight is 362 g/mol. The number of benzene rings is 1. The smallest absolute Gasteiger partial charge is 0.338 e. The molecule has 0 saturated heterocycles. The fourth-order valence-electron chi connectivity index (χ4n) is 2.72. The van der Waals surface area contributed by atoms with Gasteiger partial charge in [-0.15, -0.1) is 0 Å². The maximum atomic E-state index is 12.4. The molecule has 1 aromatic heterocycles. The van der Waals surface area contributed by atoms with Crippen LogP contribution in [0.25, 0.3) is 10.9 Å². The minimum absolute atomic E-state index is 0.288. The standard InChI is InChI=1S/C17H16ClN3O2S/c1-3-23-16(22)13-9(2)19-17(24)21-14(13)11-8-10-6-4-5-7-12(10)20-15(11)18/h4-8,14H,3H2,1-2H3,(H2,19,21,24). The molecule has 7 heteroatoms. The highest BCUT2D eigenvalue weighted by molar-refractivity contribution is 7.80. The van der Waals surface area contributed by atoms with E-state index in [0.29, 0.717) is 27.1 Å². The lowest BCUT2D eigenvalue weighted by Crippen LogP contribution is -2.45. The van der Waals surface area contributed by atoms with Crippen LogP contribution in [0, 0.1) is 0 Å². The zero-order valence-electron chi connectivity index (χ0n) is 13.2. The molecule has 0 spiro atoms. The number of carbonyl (C=O) groups excluding carboxylic acids is 1. The van der Waals surface area contributed by atoms with Crippen LogP contribution in [-0.2, 0) is 9.53 Å². The van der Waals surface area contributed by atoms with Crippen LogP contribution in [0.4, 0.5) is 0 Å². The van der Waals surface area contributed by atoms with Crippen LogP contribution in [0.5, 0.6) is 0 Å². The topological polar surface area (TPSA) is 63.2 Å². The summed E-state index contributed by atoms with van der Waals surface area (Å²) in [6, 6.07) is 9.07. The van der Waals surface area contributed by atoms with E-state index in [1.165, 1.54) is 0 Å². The van der Waals surface area contributed by atoms with Crippen LogP contribution in [0.1, 0.15) is 25.5 Å². The lowest BCUT2D eigenvalue weighted by atomic mass is 9.96. The van der Waals surface area contributed by atoms with E-state index >= 15 is 0 Å². The van der Waals surface area contributed by atoms with Gasteiger partial charge in [0.2, 0.25) is 0 Å². The van der Waals surface area contributed by atoms with Crippen molar-refractivity contribution in [1.29, 1.82) is 0 Å². The third-order valence-electron chi connectivity index (χ3n) is 3.78. The number of para-hydroxylation sites is 1. The van der Waals surface area contributed by atoms with Crippen LogP contribution in [0.15, 0.2) is 41.6 Å². The molecule has 2 aromatic rings. The van der Waals surface area contributed by atoms with Crippen molar-refractivity contribution in [3.05, 3.63) is 52.3 Å². The second-order valence-electron chi connectivity index (χ2n) is 5.35. The van der Waals surface area contributed by atoms with Crippen molar-refractivity contribution >= 4 is 45.8 Å². The first-order chi connectivity index (χ1) is 11.5. The van der Waals surface area contributed by atoms with Gasteiger partial charge in [0, 0.05) is 16.6 Å². The Balaban J connectivity index is 2.14. The molecular weight excluding hydrogens is 346 g/mol. The lowest BCUT2D eigenvalue weighted by molar-refractivity contribution is -0.139. The van der Waals surface area contributed by atoms with Gasteiger partial charge in [0.1, 0.15) is 5.15 Å². The highest BCUT2D eigenvalue weighted by atomic mass is 35.5.